The van der Waals surface area contributed by atoms with Crippen molar-refractivity contribution in [1.82, 2.24) is 9.78 Å². The van der Waals surface area contributed by atoms with Crippen LogP contribution in [0.3, 0.4) is 0 Å². The second-order valence-corrected chi connectivity index (χ2v) is 6.24. The van der Waals surface area contributed by atoms with E-state index in [9.17, 15) is 4.79 Å². The van der Waals surface area contributed by atoms with Gasteiger partial charge in [0.15, 0.2) is 0 Å². The Hall–Kier alpha value is -1.77. The van der Waals surface area contributed by atoms with E-state index in [4.69, 9.17) is 0 Å². The molecule has 0 radical (unpaired) electrons. The highest BCUT2D eigenvalue weighted by Gasteiger charge is 2.16. The Labute approximate surface area is 127 Å². The Morgan fingerprint density at radius 3 is 2.43 bits per heavy atom. The molecule has 0 saturated carbocycles. The number of aromatic amines is 1. The summed E-state index contributed by atoms with van der Waals surface area (Å²) in [6, 6.07) is 8.24. The Kier molecular flexibility index (Phi) is 5.05. The number of unbranched alkanes of at least 4 members (excludes halogenated alkanes) is 1. The second-order valence-electron chi connectivity index (χ2n) is 6.24. The first-order chi connectivity index (χ1) is 10.0. The fraction of sp³-hybridized carbons (Fsp3) is 0.500. The molecule has 0 aliphatic rings. The molecule has 1 aromatic heterocycles. The van der Waals surface area contributed by atoms with Gasteiger partial charge in [-0.2, -0.15) is 0 Å². The van der Waals surface area contributed by atoms with Crippen LogP contribution in [0.5, 0.6) is 0 Å². The normalized spacial score (nSPS) is 11.3. The lowest BCUT2D eigenvalue weighted by Crippen LogP contribution is -2.11. The molecular weight excluding hydrogens is 260 g/mol. The molecule has 0 bridgehead atoms. The van der Waals surface area contributed by atoms with Gasteiger partial charge in [0.05, 0.1) is 5.56 Å². The zero-order valence-electron chi connectivity index (χ0n) is 13.6. The summed E-state index contributed by atoms with van der Waals surface area (Å²) >= 11 is 0. The third-order valence-corrected chi connectivity index (χ3v) is 3.73. The average molecular weight is 286 g/mol. The summed E-state index contributed by atoms with van der Waals surface area (Å²) in [5.74, 6) is 0.513. The predicted octanol–water partition coefficient (Wildman–Crippen LogP) is 4.15. The summed E-state index contributed by atoms with van der Waals surface area (Å²) in [6.07, 6.45) is 3.19. The van der Waals surface area contributed by atoms with Crippen LogP contribution < -0.4 is 5.56 Å². The smallest absolute Gasteiger partial charge is 0.272 e. The summed E-state index contributed by atoms with van der Waals surface area (Å²) in [6.45, 7) is 9.46. The van der Waals surface area contributed by atoms with Crippen molar-refractivity contribution >= 4 is 0 Å². The number of aromatic nitrogens is 2. The number of nitrogens with zero attached hydrogens (tertiary/aromatic N) is 1. The molecule has 114 valence electrons. The molecule has 2 aromatic rings. The van der Waals surface area contributed by atoms with Gasteiger partial charge in [-0.3, -0.25) is 14.6 Å². The molecule has 21 heavy (non-hydrogen) atoms. The molecule has 1 N–H and O–H groups in total. The van der Waals surface area contributed by atoms with Crippen LogP contribution in [0.2, 0.25) is 0 Å². The van der Waals surface area contributed by atoms with Gasteiger partial charge in [0.25, 0.3) is 5.56 Å². The van der Waals surface area contributed by atoms with Crippen molar-refractivity contribution in [3.05, 3.63) is 45.9 Å². The summed E-state index contributed by atoms with van der Waals surface area (Å²) in [4.78, 5) is 12.4. The largest absolute Gasteiger partial charge is 0.288 e. The van der Waals surface area contributed by atoms with Crippen LogP contribution in [0.1, 0.15) is 44.9 Å². The fourth-order valence-electron chi connectivity index (χ4n) is 2.66. The van der Waals surface area contributed by atoms with Gasteiger partial charge in [-0.1, -0.05) is 57.0 Å². The third kappa shape index (κ3) is 3.66. The van der Waals surface area contributed by atoms with Crippen molar-refractivity contribution in [2.75, 3.05) is 0 Å². The van der Waals surface area contributed by atoms with Crippen molar-refractivity contribution in [3.63, 3.8) is 0 Å². The standard InChI is InChI=1S/C18H26N2O/c1-5-6-7-16-17(15-10-8-14(4)9-11-15)18(21)19-20(16)12-13(2)3/h8-11,13H,5-7,12H2,1-4H3,(H,19,21). The molecule has 3 nitrogen and oxygen atoms in total. The Balaban J connectivity index is 2.49. The fourth-order valence-corrected chi connectivity index (χ4v) is 2.66. The van der Waals surface area contributed by atoms with Crippen molar-refractivity contribution < 1.29 is 0 Å². The van der Waals surface area contributed by atoms with E-state index in [2.05, 4.69) is 61.7 Å². The Morgan fingerprint density at radius 2 is 1.86 bits per heavy atom. The van der Waals surface area contributed by atoms with Gasteiger partial charge in [0, 0.05) is 12.2 Å². The van der Waals surface area contributed by atoms with Crippen LogP contribution in [0.25, 0.3) is 11.1 Å². The molecule has 0 unspecified atom stereocenters. The monoisotopic (exact) mass is 286 g/mol. The second kappa shape index (κ2) is 6.79. The minimum Gasteiger partial charge on any atom is -0.288 e. The lowest BCUT2D eigenvalue weighted by Gasteiger charge is -2.12. The van der Waals surface area contributed by atoms with Crippen molar-refractivity contribution in [1.29, 1.82) is 0 Å². The molecule has 0 amide bonds. The van der Waals surface area contributed by atoms with Gasteiger partial charge < -0.3 is 0 Å². The zero-order valence-corrected chi connectivity index (χ0v) is 13.6. The number of H-pyrrole nitrogens is 1. The molecular formula is C18H26N2O. The van der Waals surface area contributed by atoms with Crippen LogP contribution in [-0.4, -0.2) is 9.78 Å². The van der Waals surface area contributed by atoms with E-state index < -0.39 is 0 Å². The number of hydrogen-bond donors (Lipinski definition) is 1. The van der Waals surface area contributed by atoms with Gasteiger partial charge in [-0.15, -0.1) is 0 Å². The van der Waals surface area contributed by atoms with E-state index in [0.717, 1.165) is 42.6 Å². The molecule has 0 fully saturated rings. The average Bonchev–Trinajstić information content (AvgIpc) is 2.72. The lowest BCUT2D eigenvalue weighted by atomic mass is 10.0. The highest BCUT2D eigenvalue weighted by Crippen LogP contribution is 2.23. The molecule has 3 heteroatoms. The maximum atomic E-state index is 12.4. The summed E-state index contributed by atoms with van der Waals surface area (Å²) in [5, 5.41) is 3.03. The minimum atomic E-state index is 0.0330. The lowest BCUT2D eigenvalue weighted by molar-refractivity contribution is 0.464. The van der Waals surface area contributed by atoms with Crippen molar-refractivity contribution in [3.8, 4) is 11.1 Å². The van der Waals surface area contributed by atoms with E-state index in [1.54, 1.807) is 0 Å². The first-order valence-electron chi connectivity index (χ1n) is 7.91. The first kappa shape index (κ1) is 15.6. The molecule has 0 saturated heterocycles. The zero-order chi connectivity index (χ0) is 15.4. The summed E-state index contributed by atoms with van der Waals surface area (Å²) in [7, 11) is 0. The van der Waals surface area contributed by atoms with Gasteiger partial charge in [0.1, 0.15) is 0 Å². The van der Waals surface area contributed by atoms with E-state index in [-0.39, 0.29) is 5.56 Å². The Bertz CT molecular complexity index is 632. The van der Waals surface area contributed by atoms with Gasteiger partial charge >= 0.3 is 0 Å². The number of rotatable bonds is 6. The molecule has 1 heterocycles. The topological polar surface area (TPSA) is 37.8 Å². The Morgan fingerprint density at radius 1 is 1.19 bits per heavy atom. The van der Waals surface area contributed by atoms with Crippen LogP contribution in [-0.2, 0) is 13.0 Å². The van der Waals surface area contributed by atoms with Crippen LogP contribution in [0, 0.1) is 12.8 Å². The highest BCUT2D eigenvalue weighted by molar-refractivity contribution is 5.65. The summed E-state index contributed by atoms with van der Waals surface area (Å²) < 4.78 is 2.05. The molecule has 0 aliphatic heterocycles. The van der Waals surface area contributed by atoms with Crippen molar-refractivity contribution in [2.24, 2.45) is 5.92 Å². The van der Waals surface area contributed by atoms with Gasteiger partial charge in [0.2, 0.25) is 0 Å². The SMILES string of the molecule is CCCCc1c(-c2ccc(C)cc2)c(=O)[nH]n1CC(C)C. The van der Waals surface area contributed by atoms with Crippen LogP contribution in [0.15, 0.2) is 29.1 Å². The number of hydrogen-bond acceptors (Lipinski definition) is 1. The van der Waals surface area contributed by atoms with Crippen LogP contribution >= 0.6 is 0 Å². The summed E-state index contributed by atoms with van der Waals surface area (Å²) in [5.41, 5.74) is 4.27. The molecule has 2 rings (SSSR count). The van der Waals surface area contributed by atoms with Gasteiger partial charge in [-0.25, -0.2) is 0 Å². The van der Waals surface area contributed by atoms with E-state index in [1.807, 2.05) is 0 Å². The maximum Gasteiger partial charge on any atom is 0.272 e. The maximum absolute atomic E-state index is 12.4. The van der Waals surface area contributed by atoms with Crippen molar-refractivity contribution in [2.45, 2.75) is 53.5 Å². The number of nitrogens with one attached hydrogen (secondary N) is 1. The van der Waals surface area contributed by atoms with E-state index >= 15 is 0 Å². The van der Waals surface area contributed by atoms with E-state index in [0.29, 0.717) is 5.92 Å². The van der Waals surface area contributed by atoms with Gasteiger partial charge in [-0.05, 0) is 31.2 Å². The number of benzene rings is 1. The quantitative estimate of drug-likeness (QED) is 0.851. The molecule has 0 aliphatic carbocycles. The van der Waals surface area contributed by atoms with Crippen LogP contribution in [0.4, 0.5) is 0 Å². The molecule has 1 aromatic carbocycles. The minimum absolute atomic E-state index is 0.0330. The number of aryl methyl sites for hydroxylation is 1. The molecule has 0 spiro atoms. The molecule has 0 atom stereocenters. The highest BCUT2D eigenvalue weighted by atomic mass is 16.1. The van der Waals surface area contributed by atoms with E-state index in [1.165, 1.54) is 5.56 Å². The third-order valence-electron chi connectivity index (χ3n) is 3.73. The first-order valence-corrected chi connectivity index (χ1v) is 7.91. The predicted molar refractivity (Wildman–Crippen MR) is 88.7 cm³/mol.